The molecule has 1 atom stereocenters. The van der Waals surface area contributed by atoms with Crippen molar-refractivity contribution in [3.8, 4) is 0 Å². The van der Waals surface area contributed by atoms with Gasteiger partial charge in [-0.15, -0.1) is 0 Å². The first-order chi connectivity index (χ1) is 6.49. The summed E-state index contributed by atoms with van der Waals surface area (Å²) >= 11 is 0. The van der Waals surface area contributed by atoms with Crippen LogP contribution in [0.25, 0.3) is 0 Å². The highest BCUT2D eigenvalue weighted by Gasteiger charge is 2.39. The van der Waals surface area contributed by atoms with E-state index < -0.39 is 11.5 Å². The first-order valence-corrected chi connectivity index (χ1v) is 4.24. The van der Waals surface area contributed by atoms with E-state index in [-0.39, 0.29) is 12.5 Å². The molecular formula is C7H14N4O3. The lowest BCUT2D eigenvalue weighted by molar-refractivity contribution is -0.140. The van der Waals surface area contributed by atoms with Crippen molar-refractivity contribution >= 4 is 11.9 Å². The summed E-state index contributed by atoms with van der Waals surface area (Å²) < 4.78 is 0. The van der Waals surface area contributed by atoms with Gasteiger partial charge in [0.1, 0.15) is 0 Å². The molecule has 0 spiro atoms. The van der Waals surface area contributed by atoms with Crippen LogP contribution in [0.4, 0.5) is 0 Å². The van der Waals surface area contributed by atoms with Gasteiger partial charge in [0.2, 0.25) is 5.96 Å². The number of nitrogens with zero attached hydrogens (tertiary/aromatic N) is 2. The van der Waals surface area contributed by atoms with Crippen LogP contribution in [0.3, 0.4) is 0 Å². The van der Waals surface area contributed by atoms with Gasteiger partial charge in [-0.25, -0.2) is 0 Å². The molecule has 0 aromatic rings. The standard InChI is InChI=1S/C7H14N4O3/c8-5(12)7(13)2-1-3-11(4-7)6(9)10-14/h13-14H,1-4H2,(H2,8,12)(H2,9,10). The third-order valence-electron chi connectivity index (χ3n) is 2.36. The zero-order chi connectivity index (χ0) is 10.8. The fourth-order valence-corrected chi connectivity index (χ4v) is 1.50. The van der Waals surface area contributed by atoms with Crippen molar-refractivity contribution in [1.82, 2.24) is 4.90 Å². The second kappa shape index (κ2) is 3.70. The summed E-state index contributed by atoms with van der Waals surface area (Å²) in [6.45, 7) is 0.504. The third-order valence-corrected chi connectivity index (χ3v) is 2.36. The molecular weight excluding hydrogens is 188 g/mol. The van der Waals surface area contributed by atoms with Crippen molar-refractivity contribution < 1.29 is 15.1 Å². The average Bonchev–Trinajstić information content (AvgIpc) is 2.16. The lowest BCUT2D eigenvalue weighted by Gasteiger charge is -2.36. The normalized spacial score (nSPS) is 28.9. The Kier molecular flexibility index (Phi) is 2.80. The van der Waals surface area contributed by atoms with E-state index in [0.717, 1.165) is 0 Å². The van der Waals surface area contributed by atoms with Crippen LogP contribution in [0, 0.1) is 0 Å². The van der Waals surface area contributed by atoms with Crippen LogP contribution in [0.5, 0.6) is 0 Å². The van der Waals surface area contributed by atoms with Crippen molar-refractivity contribution in [2.75, 3.05) is 13.1 Å². The van der Waals surface area contributed by atoms with Gasteiger partial charge in [0.15, 0.2) is 5.60 Å². The summed E-state index contributed by atoms with van der Waals surface area (Å²) in [7, 11) is 0. The summed E-state index contributed by atoms with van der Waals surface area (Å²) in [6.07, 6.45) is 0.868. The van der Waals surface area contributed by atoms with Gasteiger partial charge in [-0.2, -0.15) is 0 Å². The molecule has 1 heterocycles. The summed E-state index contributed by atoms with van der Waals surface area (Å²) in [6, 6.07) is 0. The van der Waals surface area contributed by atoms with Crippen LogP contribution in [0.15, 0.2) is 5.16 Å². The fourth-order valence-electron chi connectivity index (χ4n) is 1.50. The predicted octanol–water partition coefficient (Wildman–Crippen LogP) is -2.00. The molecule has 1 aliphatic heterocycles. The van der Waals surface area contributed by atoms with Crippen molar-refractivity contribution in [3.05, 3.63) is 0 Å². The summed E-state index contributed by atoms with van der Waals surface area (Å²) in [4.78, 5) is 12.3. The van der Waals surface area contributed by atoms with Crippen molar-refractivity contribution in [3.63, 3.8) is 0 Å². The number of nitrogens with two attached hydrogens (primary N) is 2. The number of primary amides is 1. The Balaban J connectivity index is 2.74. The molecule has 1 amide bonds. The quantitative estimate of drug-likeness (QED) is 0.169. The smallest absolute Gasteiger partial charge is 0.251 e. The molecule has 7 heteroatoms. The average molecular weight is 202 g/mol. The number of likely N-dealkylation sites (tertiary alicyclic amines) is 1. The Morgan fingerprint density at radius 1 is 1.50 bits per heavy atom. The van der Waals surface area contributed by atoms with Crippen molar-refractivity contribution in [2.45, 2.75) is 18.4 Å². The number of oxime groups is 1. The molecule has 1 rings (SSSR count). The molecule has 7 nitrogen and oxygen atoms in total. The molecule has 1 unspecified atom stereocenters. The molecule has 1 fully saturated rings. The first-order valence-electron chi connectivity index (χ1n) is 4.24. The largest absolute Gasteiger partial charge is 0.408 e. The minimum absolute atomic E-state index is 0.0295. The Labute approximate surface area is 81.0 Å². The maximum Gasteiger partial charge on any atom is 0.251 e. The third kappa shape index (κ3) is 1.87. The zero-order valence-electron chi connectivity index (χ0n) is 7.68. The summed E-state index contributed by atoms with van der Waals surface area (Å²) in [5.74, 6) is -0.905. The van der Waals surface area contributed by atoms with Gasteiger partial charge in [-0.05, 0) is 12.8 Å². The lowest BCUT2D eigenvalue weighted by atomic mass is 9.92. The number of carbonyl (C=O) groups excluding carboxylic acids is 1. The molecule has 1 aliphatic rings. The molecule has 0 aromatic heterocycles. The van der Waals surface area contributed by atoms with Crippen LogP contribution >= 0.6 is 0 Å². The van der Waals surface area contributed by atoms with Crippen LogP contribution < -0.4 is 11.5 Å². The van der Waals surface area contributed by atoms with Crippen molar-refractivity contribution in [1.29, 1.82) is 0 Å². The van der Waals surface area contributed by atoms with E-state index in [9.17, 15) is 9.90 Å². The number of hydrogen-bond acceptors (Lipinski definition) is 4. The van der Waals surface area contributed by atoms with E-state index in [0.29, 0.717) is 19.4 Å². The molecule has 0 saturated carbocycles. The number of amides is 1. The fraction of sp³-hybridized carbons (Fsp3) is 0.714. The van der Waals surface area contributed by atoms with E-state index in [1.54, 1.807) is 0 Å². The molecule has 0 radical (unpaired) electrons. The van der Waals surface area contributed by atoms with Gasteiger partial charge in [-0.1, -0.05) is 5.16 Å². The number of carbonyl (C=O) groups is 1. The van der Waals surface area contributed by atoms with E-state index in [4.69, 9.17) is 16.7 Å². The van der Waals surface area contributed by atoms with Gasteiger partial charge < -0.3 is 26.7 Å². The van der Waals surface area contributed by atoms with Gasteiger partial charge in [0.25, 0.3) is 5.91 Å². The molecule has 14 heavy (non-hydrogen) atoms. The Morgan fingerprint density at radius 2 is 2.14 bits per heavy atom. The maximum absolute atomic E-state index is 10.9. The molecule has 1 saturated heterocycles. The molecule has 6 N–H and O–H groups in total. The highest BCUT2D eigenvalue weighted by molar-refractivity contribution is 5.85. The number of β-amino-alcohol motifs (C(OH)–C–C–N with tert-alkyl or cyclic N) is 1. The second-order valence-electron chi connectivity index (χ2n) is 3.38. The summed E-state index contributed by atoms with van der Waals surface area (Å²) in [5.41, 5.74) is 8.80. The molecule has 80 valence electrons. The van der Waals surface area contributed by atoms with E-state index in [1.165, 1.54) is 4.90 Å². The van der Waals surface area contributed by atoms with Crippen molar-refractivity contribution in [2.24, 2.45) is 16.6 Å². The van der Waals surface area contributed by atoms with Crippen LogP contribution in [-0.4, -0.2) is 45.8 Å². The monoisotopic (exact) mass is 202 g/mol. The van der Waals surface area contributed by atoms with Crippen LogP contribution in [0.1, 0.15) is 12.8 Å². The van der Waals surface area contributed by atoms with E-state index in [1.807, 2.05) is 0 Å². The Morgan fingerprint density at radius 3 is 2.64 bits per heavy atom. The van der Waals surface area contributed by atoms with Gasteiger partial charge in [0, 0.05) is 6.54 Å². The zero-order valence-corrected chi connectivity index (χ0v) is 7.68. The predicted molar refractivity (Wildman–Crippen MR) is 48.4 cm³/mol. The minimum Gasteiger partial charge on any atom is -0.408 e. The molecule has 0 aliphatic carbocycles. The first kappa shape index (κ1) is 10.6. The topological polar surface area (TPSA) is 125 Å². The van der Waals surface area contributed by atoms with Crippen LogP contribution in [0.2, 0.25) is 0 Å². The lowest BCUT2D eigenvalue weighted by Crippen LogP contribution is -2.58. The van der Waals surface area contributed by atoms with Crippen LogP contribution in [-0.2, 0) is 4.79 Å². The van der Waals surface area contributed by atoms with Gasteiger partial charge >= 0.3 is 0 Å². The number of rotatable bonds is 1. The number of aliphatic hydroxyl groups is 1. The Bertz CT molecular complexity index is 268. The highest BCUT2D eigenvalue weighted by atomic mass is 16.4. The Hall–Kier alpha value is -1.50. The number of guanidine groups is 1. The van der Waals surface area contributed by atoms with E-state index in [2.05, 4.69) is 5.16 Å². The number of piperidine rings is 1. The van der Waals surface area contributed by atoms with Gasteiger partial charge in [0.05, 0.1) is 6.54 Å². The summed E-state index contributed by atoms with van der Waals surface area (Å²) in [5, 5.41) is 21.0. The van der Waals surface area contributed by atoms with E-state index >= 15 is 0 Å². The minimum atomic E-state index is -1.58. The molecule has 0 aromatic carbocycles. The molecule has 0 bridgehead atoms. The SMILES string of the molecule is NC(=O)C1(O)CCCN(/C(N)=N/O)C1. The van der Waals surface area contributed by atoms with Gasteiger partial charge in [-0.3, -0.25) is 4.79 Å². The highest BCUT2D eigenvalue weighted by Crippen LogP contribution is 2.20. The second-order valence-corrected chi connectivity index (χ2v) is 3.38. The number of hydrogen-bond donors (Lipinski definition) is 4. The maximum atomic E-state index is 10.9.